The number of hydrogen-bond donors (Lipinski definition) is 3. The van der Waals surface area contributed by atoms with Crippen molar-refractivity contribution in [3.63, 3.8) is 0 Å². The van der Waals surface area contributed by atoms with Crippen molar-refractivity contribution in [2.75, 3.05) is 0 Å². The number of carbonyl (C=O) groups is 1. The van der Waals surface area contributed by atoms with Crippen molar-refractivity contribution in [2.45, 2.75) is 26.3 Å². The second-order valence-electron chi connectivity index (χ2n) is 4.96. The van der Waals surface area contributed by atoms with E-state index in [4.69, 9.17) is 0 Å². The molecule has 0 aliphatic carbocycles. The van der Waals surface area contributed by atoms with E-state index in [1.165, 1.54) is 0 Å². The average Bonchev–Trinajstić information content (AvgIpc) is 3.06. The quantitative estimate of drug-likeness (QED) is 0.674. The van der Waals surface area contributed by atoms with Gasteiger partial charge < -0.3 is 5.32 Å². The Balaban J connectivity index is 1.69. The number of carbonyl (C=O) groups excluding carboxylic acids is 1. The van der Waals surface area contributed by atoms with Gasteiger partial charge in [0.25, 0.3) is 0 Å². The summed E-state index contributed by atoms with van der Waals surface area (Å²) < 4.78 is 0. The smallest absolute Gasteiger partial charge is 0.226 e. The van der Waals surface area contributed by atoms with Gasteiger partial charge in [-0.05, 0) is 19.9 Å². The SMILES string of the molecule is Cc1nc(C(C)NC(=O)Cc2[nH]nc3ccccc23)n[nH]1. The van der Waals surface area contributed by atoms with Gasteiger partial charge in [-0.2, -0.15) is 10.2 Å². The summed E-state index contributed by atoms with van der Waals surface area (Å²) in [6.07, 6.45) is 0.244. The molecular formula is C14H16N6O. The van der Waals surface area contributed by atoms with Crippen LogP contribution in [0, 0.1) is 6.92 Å². The normalized spacial score (nSPS) is 12.5. The number of amides is 1. The third-order valence-electron chi connectivity index (χ3n) is 3.26. The Labute approximate surface area is 121 Å². The van der Waals surface area contributed by atoms with E-state index in [1.807, 2.05) is 38.1 Å². The molecular weight excluding hydrogens is 268 g/mol. The summed E-state index contributed by atoms with van der Waals surface area (Å²) in [5.41, 5.74) is 1.67. The third kappa shape index (κ3) is 2.76. The lowest BCUT2D eigenvalue weighted by Gasteiger charge is -2.09. The summed E-state index contributed by atoms with van der Waals surface area (Å²) in [4.78, 5) is 16.3. The number of nitrogens with one attached hydrogen (secondary N) is 3. The first-order chi connectivity index (χ1) is 10.1. The molecule has 108 valence electrons. The standard InChI is InChI=1S/C14H16N6O/c1-8(14-16-9(2)17-20-14)15-13(21)7-12-10-5-3-4-6-11(10)18-19-12/h3-6,8H,7H2,1-2H3,(H,15,21)(H,18,19)(H,16,17,20). The molecule has 0 aliphatic heterocycles. The van der Waals surface area contributed by atoms with E-state index >= 15 is 0 Å². The van der Waals surface area contributed by atoms with Crippen LogP contribution < -0.4 is 5.32 Å². The Morgan fingerprint density at radius 1 is 1.29 bits per heavy atom. The van der Waals surface area contributed by atoms with Gasteiger partial charge in [0.1, 0.15) is 5.82 Å². The number of H-pyrrole nitrogens is 2. The third-order valence-corrected chi connectivity index (χ3v) is 3.26. The molecule has 2 heterocycles. The van der Waals surface area contributed by atoms with Crippen LogP contribution in [-0.4, -0.2) is 31.3 Å². The fourth-order valence-electron chi connectivity index (χ4n) is 2.22. The van der Waals surface area contributed by atoms with Crippen molar-refractivity contribution in [3.05, 3.63) is 41.6 Å². The summed E-state index contributed by atoms with van der Waals surface area (Å²) in [7, 11) is 0. The molecule has 1 aromatic carbocycles. The van der Waals surface area contributed by atoms with Crippen molar-refractivity contribution in [1.82, 2.24) is 30.7 Å². The number of fused-ring (bicyclic) bond motifs is 1. The maximum Gasteiger partial charge on any atom is 0.226 e. The second-order valence-corrected chi connectivity index (χ2v) is 4.96. The van der Waals surface area contributed by atoms with E-state index in [2.05, 4.69) is 30.7 Å². The van der Waals surface area contributed by atoms with Crippen molar-refractivity contribution in [3.8, 4) is 0 Å². The maximum absolute atomic E-state index is 12.1. The van der Waals surface area contributed by atoms with Gasteiger partial charge in [-0.3, -0.25) is 15.0 Å². The largest absolute Gasteiger partial charge is 0.346 e. The zero-order chi connectivity index (χ0) is 14.8. The number of hydrogen-bond acceptors (Lipinski definition) is 4. The molecule has 2 aromatic heterocycles. The molecule has 1 atom stereocenters. The van der Waals surface area contributed by atoms with Crippen LogP contribution in [0.15, 0.2) is 24.3 Å². The number of aromatic nitrogens is 5. The minimum Gasteiger partial charge on any atom is -0.346 e. The first kappa shape index (κ1) is 13.3. The van der Waals surface area contributed by atoms with Gasteiger partial charge in [0.15, 0.2) is 5.82 Å². The summed E-state index contributed by atoms with van der Waals surface area (Å²) >= 11 is 0. The molecule has 7 nitrogen and oxygen atoms in total. The van der Waals surface area contributed by atoms with Gasteiger partial charge in [0.05, 0.1) is 23.7 Å². The monoisotopic (exact) mass is 284 g/mol. The van der Waals surface area contributed by atoms with E-state index < -0.39 is 0 Å². The predicted molar refractivity (Wildman–Crippen MR) is 77.5 cm³/mol. The highest BCUT2D eigenvalue weighted by Crippen LogP contribution is 2.16. The molecule has 0 bridgehead atoms. The van der Waals surface area contributed by atoms with Crippen molar-refractivity contribution >= 4 is 16.8 Å². The fourth-order valence-corrected chi connectivity index (χ4v) is 2.22. The van der Waals surface area contributed by atoms with Gasteiger partial charge in [0, 0.05) is 5.39 Å². The molecule has 3 N–H and O–H groups in total. The molecule has 3 aromatic rings. The lowest BCUT2D eigenvalue weighted by atomic mass is 10.1. The Morgan fingerprint density at radius 3 is 2.86 bits per heavy atom. The van der Waals surface area contributed by atoms with Crippen LogP contribution in [-0.2, 0) is 11.2 Å². The number of nitrogens with zero attached hydrogens (tertiary/aromatic N) is 3. The van der Waals surface area contributed by atoms with Gasteiger partial charge in [-0.1, -0.05) is 18.2 Å². The summed E-state index contributed by atoms with van der Waals surface area (Å²) in [5.74, 6) is 1.21. The number of para-hydroxylation sites is 1. The fraction of sp³-hybridized carbons (Fsp3) is 0.286. The molecule has 0 saturated carbocycles. The highest BCUT2D eigenvalue weighted by molar-refractivity contribution is 5.87. The van der Waals surface area contributed by atoms with Crippen LogP contribution in [0.4, 0.5) is 0 Å². The lowest BCUT2D eigenvalue weighted by Crippen LogP contribution is -2.29. The Hall–Kier alpha value is -2.70. The van der Waals surface area contributed by atoms with Gasteiger partial charge in [-0.25, -0.2) is 4.98 Å². The van der Waals surface area contributed by atoms with Crippen LogP contribution in [0.2, 0.25) is 0 Å². The minimum absolute atomic E-state index is 0.0978. The maximum atomic E-state index is 12.1. The first-order valence-electron chi connectivity index (χ1n) is 6.73. The summed E-state index contributed by atoms with van der Waals surface area (Å²) in [5, 5.41) is 17.7. The predicted octanol–water partition coefficient (Wildman–Crippen LogP) is 1.41. The van der Waals surface area contributed by atoms with Crippen molar-refractivity contribution < 1.29 is 4.79 Å². The Morgan fingerprint density at radius 2 is 2.10 bits per heavy atom. The molecule has 0 fully saturated rings. The van der Waals surface area contributed by atoms with E-state index in [9.17, 15) is 4.79 Å². The van der Waals surface area contributed by atoms with Crippen molar-refractivity contribution in [2.24, 2.45) is 0 Å². The second kappa shape index (κ2) is 5.35. The van der Waals surface area contributed by atoms with Gasteiger partial charge in [-0.15, -0.1) is 0 Å². The molecule has 0 aliphatic rings. The van der Waals surface area contributed by atoms with Crippen LogP contribution >= 0.6 is 0 Å². The molecule has 21 heavy (non-hydrogen) atoms. The van der Waals surface area contributed by atoms with Gasteiger partial charge >= 0.3 is 0 Å². The zero-order valence-corrected chi connectivity index (χ0v) is 11.8. The van der Waals surface area contributed by atoms with E-state index in [0.29, 0.717) is 5.82 Å². The van der Waals surface area contributed by atoms with E-state index in [1.54, 1.807) is 0 Å². The van der Waals surface area contributed by atoms with Crippen LogP contribution in [0.3, 0.4) is 0 Å². The number of benzene rings is 1. The van der Waals surface area contributed by atoms with Crippen LogP contribution in [0.5, 0.6) is 0 Å². The van der Waals surface area contributed by atoms with E-state index in [-0.39, 0.29) is 18.4 Å². The zero-order valence-electron chi connectivity index (χ0n) is 11.8. The average molecular weight is 284 g/mol. The molecule has 7 heteroatoms. The summed E-state index contributed by atoms with van der Waals surface area (Å²) in [6.45, 7) is 3.67. The Kier molecular flexibility index (Phi) is 3.39. The summed E-state index contributed by atoms with van der Waals surface area (Å²) in [6, 6.07) is 7.46. The Bertz CT molecular complexity index is 774. The van der Waals surface area contributed by atoms with Gasteiger partial charge in [0.2, 0.25) is 5.91 Å². The molecule has 3 rings (SSSR count). The molecule has 0 spiro atoms. The molecule has 0 radical (unpaired) electrons. The molecule has 0 saturated heterocycles. The highest BCUT2D eigenvalue weighted by atomic mass is 16.1. The molecule has 1 unspecified atom stereocenters. The molecule has 1 amide bonds. The number of aryl methyl sites for hydroxylation is 1. The number of aromatic amines is 2. The van der Waals surface area contributed by atoms with Crippen molar-refractivity contribution in [1.29, 1.82) is 0 Å². The van der Waals surface area contributed by atoms with E-state index in [0.717, 1.165) is 22.4 Å². The minimum atomic E-state index is -0.239. The first-order valence-corrected chi connectivity index (χ1v) is 6.73. The van der Waals surface area contributed by atoms with Crippen LogP contribution in [0.1, 0.15) is 30.3 Å². The topological polar surface area (TPSA) is 99.3 Å². The van der Waals surface area contributed by atoms with Crippen LogP contribution in [0.25, 0.3) is 10.9 Å². The lowest BCUT2D eigenvalue weighted by molar-refractivity contribution is -0.121. The highest BCUT2D eigenvalue weighted by Gasteiger charge is 2.15. The number of rotatable bonds is 4.